The largest absolute Gasteiger partial charge is 0.369 e. The van der Waals surface area contributed by atoms with Gasteiger partial charge >= 0.3 is 0 Å². The van der Waals surface area contributed by atoms with Crippen LogP contribution in [0.25, 0.3) is 11.1 Å². The summed E-state index contributed by atoms with van der Waals surface area (Å²) in [6, 6.07) is 31.4. The van der Waals surface area contributed by atoms with Crippen molar-refractivity contribution in [3.8, 4) is 11.1 Å². The van der Waals surface area contributed by atoms with Gasteiger partial charge in [0.2, 0.25) is 0 Å². The second-order valence-electron chi connectivity index (χ2n) is 9.22. The van der Waals surface area contributed by atoms with Crippen molar-refractivity contribution in [1.82, 2.24) is 9.62 Å². The molecule has 1 heterocycles. The number of piperazine rings is 1. The predicted molar refractivity (Wildman–Crippen MR) is 152 cm³/mol. The van der Waals surface area contributed by atoms with Crippen molar-refractivity contribution in [2.24, 2.45) is 0 Å². The van der Waals surface area contributed by atoms with Gasteiger partial charge in [0.25, 0.3) is 15.9 Å². The summed E-state index contributed by atoms with van der Waals surface area (Å²) in [4.78, 5) is 17.3. The summed E-state index contributed by atoms with van der Waals surface area (Å²) in [5.74, 6) is -0.649. The van der Waals surface area contributed by atoms with Gasteiger partial charge in [0.05, 0.1) is 4.90 Å². The third kappa shape index (κ3) is 6.07. The number of carbonyl (C=O) groups is 1. The predicted octanol–water partition coefficient (Wildman–Crippen LogP) is 5.45. The maximum absolute atomic E-state index is 12.6. The van der Waals surface area contributed by atoms with E-state index in [1.165, 1.54) is 23.3 Å². The number of hydrogen-bond acceptors (Lipinski definition) is 5. The van der Waals surface area contributed by atoms with Crippen LogP contribution in [0.15, 0.2) is 108 Å². The van der Waals surface area contributed by atoms with Crippen LogP contribution in [0.1, 0.15) is 15.9 Å². The Morgan fingerprint density at radius 2 is 1.39 bits per heavy atom. The molecule has 1 aliphatic rings. The Morgan fingerprint density at radius 3 is 2.08 bits per heavy atom. The molecule has 0 spiro atoms. The lowest BCUT2D eigenvalue weighted by Gasteiger charge is -2.36. The van der Waals surface area contributed by atoms with Crippen molar-refractivity contribution >= 4 is 33.2 Å². The minimum absolute atomic E-state index is 0.0543. The van der Waals surface area contributed by atoms with Crippen LogP contribution in [0.3, 0.4) is 0 Å². The number of nitrogens with one attached hydrogen (secondary N) is 1. The lowest BCUT2D eigenvalue weighted by molar-refractivity contribution is 0.0981. The molecular weight excluding hydrogens is 518 g/mol. The van der Waals surface area contributed by atoms with Crippen LogP contribution in [0.4, 0.5) is 5.69 Å². The van der Waals surface area contributed by atoms with Gasteiger partial charge in [0.15, 0.2) is 0 Å². The average molecular weight is 546 g/mol. The highest BCUT2D eigenvalue weighted by molar-refractivity contribution is 7.90. The quantitative estimate of drug-likeness (QED) is 0.334. The summed E-state index contributed by atoms with van der Waals surface area (Å²) in [6.45, 7) is 4.40. The lowest BCUT2D eigenvalue weighted by Crippen LogP contribution is -2.46. The minimum Gasteiger partial charge on any atom is -0.369 e. The number of sulfonamides is 1. The van der Waals surface area contributed by atoms with E-state index in [-0.39, 0.29) is 4.90 Å². The fraction of sp³-hybridized carbons (Fsp3) is 0.167. The molecule has 1 aliphatic heterocycles. The van der Waals surface area contributed by atoms with Crippen molar-refractivity contribution in [2.45, 2.75) is 11.4 Å². The smallest absolute Gasteiger partial charge is 0.264 e. The highest BCUT2D eigenvalue weighted by Crippen LogP contribution is 2.27. The third-order valence-corrected chi connectivity index (χ3v) is 8.31. The molecule has 5 rings (SSSR count). The Bertz CT molecular complexity index is 1500. The van der Waals surface area contributed by atoms with E-state index in [0.717, 1.165) is 49.0 Å². The summed E-state index contributed by atoms with van der Waals surface area (Å²) in [6.07, 6.45) is 0. The van der Waals surface area contributed by atoms with Gasteiger partial charge in [-0.05, 0) is 65.2 Å². The number of hydrogen-bond donors (Lipinski definition) is 1. The van der Waals surface area contributed by atoms with Crippen molar-refractivity contribution in [1.29, 1.82) is 0 Å². The molecule has 1 fully saturated rings. The average Bonchev–Trinajstić information content (AvgIpc) is 2.95. The van der Waals surface area contributed by atoms with Crippen molar-refractivity contribution < 1.29 is 13.2 Å². The maximum atomic E-state index is 12.6. The third-order valence-electron chi connectivity index (χ3n) is 6.71. The van der Waals surface area contributed by atoms with Crippen LogP contribution in [-0.2, 0) is 16.6 Å². The molecule has 1 amide bonds. The summed E-state index contributed by atoms with van der Waals surface area (Å²) in [5, 5.41) is 0.730. The number of rotatable bonds is 7. The number of nitrogens with zero attached hydrogens (tertiary/aromatic N) is 2. The molecule has 8 heteroatoms. The monoisotopic (exact) mass is 545 g/mol. The molecule has 0 atom stereocenters. The van der Waals surface area contributed by atoms with E-state index in [1.807, 2.05) is 24.3 Å². The van der Waals surface area contributed by atoms with Gasteiger partial charge in [-0.1, -0.05) is 66.2 Å². The van der Waals surface area contributed by atoms with Gasteiger partial charge in [0, 0.05) is 49.0 Å². The second kappa shape index (κ2) is 11.4. The molecule has 194 valence electrons. The van der Waals surface area contributed by atoms with E-state index in [4.69, 9.17) is 11.6 Å². The van der Waals surface area contributed by atoms with E-state index in [0.29, 0.717) is 5.56 Å². The molecule has 6 nitrogen and oxygen atoms in total. The molecule has 0 unspecified atom stereocenters. The number of benzene rings is 4. The normalized spacial score (nSPS) is 14.3. The molecule has 4 aromatic rings. The van der Waals surface area contributed by atoms with Crippen LogP contribution >= 0.6 is 11.6 Å². The Hall–Kier alpha value is -3.65. The zero-order valence-electron chi connectivity index (χ0n) is 20.8. The first-order valence-corrected chi connectivity index (χ1v) is 14.3. The molecule has 1 N–H and O–H groups in total. The Balaban J connectivity index is 1.18. The van der Waals surface area contributed by atoms with Crippen LogP contribution in [0, 0.1) is 0 Å². The van der Waals surface area contributed by atoms with Crippen molar-refractivity contribution in [3.05, 3.63) is 119 Å². The number of anilines is 1. The molecule has 4 aromatic carbocycles. The molecule has 1 saturated heterocycles. The summed E-state index contributed by atoms with van der Waals surface area (Å²) in [5.41, 5.74) is 4.96. The topological polar surface area (TPSA) is 69.7 Å². The summed E-state index contributed by atoms with van der Waals surface area (Å²) < 4.78 is 27.1. The standard InChI is InChI=1S/C30H28ClN3O3S/c31-26-14-10-23(11-15-26)29-9-5-4-6-25(29)22-33-18-20-34(21-19-33)27-16-12-24(13-17-27)30(35)32-38(36,37)28-7-2-1-3-8-28/h1-17H,18-22H2,(H,32,35). The van der Waals surface area contributed by atoms with Gasteiger partial charge in [-0.3, -0.25) is 9.69 Å². The number of halogens is 1. The van der Waals surface area contributed by atoms with Crippen molar-refractivity contribution in [3.63, 3.8) is 0 Å². The van der Waals surface area contributed by atoms with Crippen LogP contribution < -0.4 is 9.62 Å². The molecular formula is C30H28ClN3O3S. The molecule has 38 heavy (non-hydrogen) atoms. The van der Waals surface area contributed by atoms with E-state index < -0.39 is 15.9 Å². The summed E-state index contributed by atoms with van der Waals surface area (Å²) >= 11 is 6.07. The Labute approximate surface area is 228 Å². The van der Waals surface area contributed by atoms with Crippen LogP contribution in [0.5, 0.6) is 0 Å². The first-order valence-electron chi connectivity index (χ1n) is 12.4. The lowest BCUT2D eigenvalue weighted by atomic mass is 9.99. The Morgan fingerprint density at radius 1 is 0.763 bits per heavy atom. The highest BCUT2D eigenvalue weighted by atomic mass is 35.5. The van der Waals surface area contributed by atoms with Crippen LogP contribution in [-0.4, -0.2) is 45.4 Å². The fourth-order valence-corrected chi connectivity index (χ4v) is 5.76. The SMILES string of the molecule is O=C(NS(=O)(=O)c1ccccc1)c1ccc(N2CCN(Cc3ccccc3-c3ccc(Cl)cc3)CC2)cc1. The minimum atomic E-state index is -3.91. The molecule has 0 aliphatic carbocycles. The number of amides is 1. The van der Waals surface area contributed by atoms with E-state index in [9.17, 15) is 13.2 Å². The number of carbonyl (C=O) groups excluding carboxylic acids is 1. The molecule has 0 aromatic heterocycles. The maximum Gasteiger partial charge on any atom is 0.264 e. The zero-order chi connectivity index (χ0) is 26.5. The molecule has 0 bridgehead atoms. The first-order chi connectivity index (χ1) is 18.4. The van der Waals surface area contributed by atoms with Gasteiger partial charge in [-0.25, -0.2) is 13.1 Å². The Kier molecular flexibility index (Phi) is 7.79. The van der Waals surface area contributed by atoms with E-state index in [1.54, 1.807) is 30.3 Å². The molecule has 0 radical (unpaired) electrons. The van der Waals surface area contributed by atoms with Crippen molar-refractivity contribution in [2.75, 3.05) is 31.1 Å². The van der Waals surface area contributed by atoms with Gasteiger partial charge in [-0.15, -0.1) is 0 Å². The molecule has 0 saturated carbocycles. The second-order valence-corrected chi connectivity index (χ2v) is 11.3. The zero-order valence-corrected chi connectivity index (χ0v) is 22.3. The van der Waals surface area contributed by atoms with Gasteiger partial charge in [0.1, 0.15) is 0 Å². The van der Waals surface area contributed by atoms with Gasteiger partial charge < -0.3 is 4.90 Å². The first kappa shape index (κ1) is 26.0. The van der Waals surface area contributed by atoms with Crippen LogP contribution in [0.2, 0.25) is 5.02 Å². The summed E-state index contributed by atoms with van der Waals surface area (Å²) in [7, 11) is -3.91. The highest BCUT2D eigenvalue weighted by Gasteiger charge is 2.21. The van der Waals surface area contributed by atoms with E-state index >= 15 is 0 Å². The van der Waals surface area contributed by atoms with E-state index in [2.05, 4.69) is 50.9 Å². The van der Waals surface area contributed by atoms with Gasteiger partial charge in [-0.2, -0.15) is 0 Å². The fourth-order valence-electron chi connectivity index (χ4n) is 4.64.